The number of hydrogen-bond donors (Lipinski definition) is 1. The van der Waals surface area contributed by atoms with Crippen LogP contribution in [0.25, 0.3) is 10.2 Å². The molecule has 8 heteroatoms. The summed E-state index contributed by atoms with van der Waals surface area (Å²) in [4.78, 5) is 38.3. The highest BCUT2D eigenvalue weighted by molar-refractivity contribution is 7.18. The quantitative estimate of drug-likeness (QED) is 0.662. The van der Waals surface area contributed by atoms with E-state index in [1.54, 1.807) is 29.7 Å². The second-order valence-electron chi connectivity index (χ2n) is 6.91. The third-order valence-electron chi connectivity index (χ3n) is 4.83. The predicted molar refractivity (Wildman–Crippen MR) is 106 cm³/mol. The summed E-state index contributed by atoms with van der Waals surface area (Å²) in [6.07, 6.45) is 4.54. The third kappa shape index (κ3) is 3.52. The molecule has 0 fully saturated rings. The zero-order valence-corrected chi connectivity index (χ0v) is 16.6. The van der Waals surface area contributed by atoms with E-state index in [1.165, 1.54) is 4.88 Å². The highest BCUT2D eigenvalue weighted by Gasteiger charge is 2.23. The fourth-order valence-electron chi connectivity index (χ4n) is 3.47. The van der Waals surface area contributed by atoms with Crippen LogP contribution in [0.1, 0.15) is 46.9 Å². The van der Waals surface area contributed by atoms with E-state index in [2.05, 4.69) is 21.9 Å². The minimum atomic E-state index is -0.571. The molecule has 0 radical (unpaired) electrons. The molecule has 0 amide bonds. The third-order valence-corrected chi connectivity index (χ3v) is 5.97. The fraction of sp³-hybridized carbons (Fsp3) is 0.400. The van der Waals surface area contributed by atoms with Gasteiger partial charge >= 0.3 is 5.97 Å². The molecule has 1 aliphatic rings. The van der Waals surface area contributed by atoms with Gasteiger partial charge in [0.05, 0.1) is 12.0 Å². The molecule has 1 N–H and O–H groups in total. The molecule has 0 aliphatic heterocycles. The molecule has 3 aromatic heterocycles. The fourth-order valence-corrected chi connectivity index (χ4v) is 4.87. The number of ether oxygens (including phenoxy) is 2. The highest BCUT2D eigenvalue weighted by Crippen LogP contribution is 2.35. The van der Waals surface area contributed by atoms with Crippen LogP contribution >= 0.6 is 11.3 Å². The monoisotopic (exact) mass is 399 g/mol. The van der Waals surface area contributed by atoms with Crippen LogP contribution in [0.3, 0.4) is 0 Å². The number of H-pyrrole nitrogens is 1. The van der Waals surface area contributed by atoms with Crippen molar-refractivity contribution in [3.63, 3.8) is 0 Å². The van der Waals surface area contributed by atoms with E-state index in [1.807, 2.05) is 6.92 Å². The minimum absolute atomic E-state index is 0.122. The average Bonchev–Trinajstić information content (AvgIpc) is 3.04. The molecule has 0 spiro atoms. The lowest BCUT2D eigenvalue weighted by Crippen LogP contribution is -2.16. The van der Waals surface area contributed by atoms with E-state index in [-0.39, 0.29) is 23.6 Å². The van der Waals surface area contributed by atoms with Crippen LogP contribution in [0.15, 0.2) is 23.1 Å². The van der Waals surface area contributed by atoms with Crippen molar-refractivity contribution in [2.24, 2.45) is 5.92 Å². The number of aryl methyl sites for hydroxylation is 1. The van der Waals surface area contributed by atoms with Gasteiger partial charge in [-0.1, -0.05) is 6.92 Å². The summed E-state index contributed by atoms with van der Waals surface area (Å²) in [5.41, 5.74) is 1.21. The first-order valence-corrected chi connectivity index (χ1v) is 10.2. The Kier molecular flexibility index (Phi) is 5.13. The van der Waals surface area contributed by atoms with Crippen molar-refractivity contribution in [2.75, 3.05) is 6.61 Å². The number of thiophene rings is 1. The molecule has 28 heavy (non-hydrogen) atoms. The number of nitrogens with zero attached hydrogens (tertiary/aromatic N) is 2. The van der Waals surface area contributed by atoms with Crippen molar-refractivity contribution in [1.82, 2.24) is 15.0 Å². The van der Waals surface area contributed by atoms with Crippen molar-refractivity contribution in [1.29, 1.82) is 0 Å². The van der Waals surface area contributed by atoms with E-state index in [4.69, 9.17) is 9.47 Å². The number of hydrogen-bond acceptors (Lipinski definition) is 7. The van der Waals surface area contributed by atoms with Crippen molar-refractivity contribution < 1.29 is 14.3 Å². The molecule has 0 aromatic carbocycles. The van der Waals surface area contributed by atoms with E-state index in [0.717, 1.165) is 24.8 Å². The lowest BCUT2D eigenvalue weighted by Gasteiger charge is -2.17. The molecule has 1 atom stereocenters. The van der Waals surface area contributed by atoms with Crippen LogP contribution in [-0.2, 0) is 24.2 Å². The maximum atomic E-state index is 12.6. The van der Waals surface area contributed by atoms with Crippen molar-refractivity contribution in [3.8, 4) is 5.88 Å². The minimum Gasteiger partial charge on any atom is -0.477 e. The van der Waals surface area contributed by atoms with Gasteiger partial charge in [0.2, 0.25) is 5.88 Å². The molecule has 3 heterocycles. The molecule has 7 nitrogen and oxygen atoms in total. The Bertz CT molecular complexity index is 1090. The van der Waals surface area contributed by atoms with Crippen LogP contribution in [0.2, 0.25) is 0 Å². The SMILES string of the molecule is CCOc1ncccc1C(=O)OCc1nc2sc3c(c2c(=O)[nH]1)CC[C@@H](C)C3. The standard InChI is InChI=1S/C20H21N3O4S/c1-3-26-18-13(5-4-8-21-18)20(25)27-10-15-22-17(24)16-12-7-6-11(2)9-14(12)28-19(16)23-15/h4-5,8,11H,3,6-7,9-10H2,1-2H3,(H,22,23,24)/t11-/m1/s1. The summed E-state index contributed by atoms with van der Waals surface area (Å²) in [5.74, 6) is 0.615. The average molecular weight is 399 g/mol. The molecular formula is C20H21N3O4S. The summed E-state index contributed by atoms with van der Waals surface area (Å²) in [6.45, 7) is 4.31. The Balaban J connectivity index is 1.56. The van der Waals surface area contributed by atoms with Crippen LogP contribution in [0, 0.1) is 5.92 Å². The van der Waals surface area contributed by atoms with Crippen molar-refractivity contribution >= 4 is 27.5 Å². The molecule has 1 aliphatic carbocycles. The maximum absolute atomic E-state index is 12.6. The summed E-state index contributed by atoms with van der Waals surface area (Å²) < 4.78 is 10.7. The van der Waals surface area contributed by atoms with Gasteiger partial charge in [0, 0.05) is 11.1 Å². The number of carbonyl (C=O) groups is 1. The molecule has 146 valence electrons. The number of aromatic nitrogens is 3. The molecule has 0 bridgehead atoms. The maximum Gasteiger partial charge on any atom is 0.344 e. The van der Waals surface area contributed by atoms with E-state index < -0.39 is 5.97 Å². The molecule has 3 aromatic rings. The second kappa shape index (κ2) is 7.71. The Hall–Kier alpha value is -2.74. The lowest BCUT2D eigenvalue weighted by molar-refractivity contribution is 0.0457. The van der Waals surface area contributed by atoms with Crippen molar-refractivity contribution in [3.05, 3.63) is 50.5 Å². The van der Waals surface area contributed by atoms with Gasteiger partial charge in [0.25, 0.3) is 5.56 Å². The number of carbonyl (C=O) groups excluding carboxylic acids is 1. The van der Waals surface area contributed by atoms with Crippen LogP contribution in [0.4, 0.5) is 0 Å². The number of fused-ring (bicyclic) bond motifs is 3. The predicted octanol–water partition coefficient (Wildman–Crippen LogP) is 3.26. The van der Waals surface area contributed by atoms with Crippen LogP contribution < -0.4 is 10.3 Å². The Labute approximate surface area is 165 Å². The number of pyridine rings is 1. The lowest BCUT2D eigenvalue weighted by atomic mass is 9.89. The highest BCUT2D eigenvalue weighted by atomic mass is 32.1. The van der Waals surface area contributed by atoms with E-state index >= 15 is 0 Å². The number of rotatable bonds is 5. The topological polar surface area (TPSA) is 94.2 Å². The van der Waals surface area contributed by atoms with Crippen molar-refractivity contribution in [2.45, 2.75) is 39.7 Å². The number of esters is 1. The molecule has 0 saturated carbocycles. The second-order valence-corrected chi connectivity index (χ2v) is 7.99. The van der Waals surface area contributed by atoms with Gasteiger partial charge in [-0.15, -0.1) is 11.3 Å². The molecule has 4 rings (SSSR count). The Morgan fingerprint density at radius 2 is 2.29 bits per heavy atom. The molecule has 0 saturated heterocycles. The first-order chi connectivity index (χ1) is 13.6. The van der Waals surface area contributed by atoms with E-state index in [0.29, 0.717) is 28.6 Å². The smallest absolute Gasteiger partial charge is 0.344 e. The number of aromatic amines is 1. The summed E-state index contributed by atoms with van der Waals surface area (Å²) >= 11 is 1.57. The normalized spacial score (nSPS) is 16.0. The van der Waals surface area contributed by atoms with Crippen LogP contribution in [-0.4, -0.2) is 27.5 Å². The van der Waals surface area contributed by atoms with Gasteiger partial charge in [-0.3, -0.25) is 4.79 Å². The zero-order chi connectivity index (χ0) is 19.7. The van der Waals surface area contributed by atoms with Gasteiger partial charge in [0.15, 0.2) is 0 Å². The first kappa shape index (κ1) is 18.6. The number of nitrogens with one attached hydrogen (secondary N) is 1. The zero-order valence-electron chi connectivity index (χ0n) is 15.8. The van der Waals surface area contributed by atoms with Gasteiger partial charge < -0.3 is 14.5 Å². The Morgan fingerprint density at radius 3 is 3.11 bits per heavy atom. The van der Waals surface area contributed by atoms with Gasteiger partial charge in [-0.25, -0.2) is 14.8 Å². The summed E-state index contributed by atoms with van der Waals surface area (Å²) in [6, 6.07) is 3.23. The van der Waals surface area contributed by atoms with Crippen LogP contribution in [0.5, 0.6) is 5.88 Å². The first-order valence-electron chi connectivity index (χ1n) is 9.35. The summed E-state index contributed by atoms with van der Waals surface area (Å²) in [5, 5.41) is 0.688. The van der Waals surface area contributed by atoms with Gasteiger partial charge in [-0.2, -0.15) is 0 Å². The van der Waals surface area contributed by atoms with E-state index in [9.17, 15) is 9.59 Å². The molecular weight excluding hydrogens is 378 g/mol. The van der Waals surface area contributed by atoms with Gasteiger partial charge in [-0.05, 0) is 49.8 Å². The Morgan fingerprint density at radius 1 is 1.43 bits per heavy atom. The van der Waals surface area contributed by atoms with Gasteiger partial charge in [0.1, 0.15) is 22.8 Å². The summed E-state index contributed by atoms with van der Waals surface area (Å²) in [7, 11) is 0. The molecule has 0 unspecified atom stereocenters. The largest absolute Gasteiger partial charge is 0.477 e.